The van der Waals surface area contributed by atoms with E-state index in [-0.39, 0.29) is 17.3 Å². The Bertz CT molecular complexity index is 664. The number of nitrogens with zero attached hydrogens (tertiary/aromatic N) is 2. The maximum atomic E-state index is 12.9. The summed E-state index contributed by atoms with van der Waals surface area (Å²) in [6.45, 7) is 2.24. The molecular formula is C16H24FN3O3S. The van der Waals surface area contributed by atoms with Crippen molar-refractivity contribution in [2.45, 2.75) is 24.2 Å². The van der Waals surface area contributed by atoms with E-state index in [4.69, 9.17) is 5.73 Å². The summed E-state index contributed by atoms with van der Waals surface area (Å²) in [5.41, 5.74) is 5.61. The van der Waals surface area contributed by atoms with Crippen LogP contribution in [0.3, 0.4) is 0 Å². The minimum atomic E-state index is -3.66. The van der Waals surface area contributed by atoms with Crippen LogP contribution in [0.5, 0.6) is 0 Å². The van der Waals surface area contributed by atoms with Gasteiger partial charge >= 0.3 is 0 Å². The van der Waals surface area contributed by atoms with E-state index in [1.165, 1.54) is 23.5 Å². The molecule has 1 fully saturated rings. The molecule has 0 aromatic heterocycles. The van der Waals surface area contributed by atoms with E-state index < -0.39 is 15.8 Å². The lowest BCUT2D eigenvalue weighted by atomic mass is 10.1. The summed E-state index contributed by atoms with van der Waals surface area (Å²) in [6.07, 6.45) is 1.68. The maximum Gasteiger partial charge on any atom is 0.242 e. The molecule has 0 saturated carbocycles. The molecule has 6 nitrogen and oxygen atoms in total. The van der Waals surface area contributed by atoms with Crippen LogP contribution in [-0.4, -0.2) is 56.8 Å². The summed E-state index contributed by atoms with van der Waals surface area (Å²) in [7, 11) is -2.20. The molecule has 1 aliphatic heterocycles. The Hall–Kier alpha value is -1.51. The summed E-state index contributed by atoms with van der Waals surface area (Å²) >= 11 is 0. The molecule has 1 amide bonds. The van der Waals surface area contributed by atoms with Gasteiger partial charge in [-0.1, -0.05) is 0 Å². The molecule has 24 heavy (non-hydrogen) atoms. The van der Waals surface area contributed by atoms with Gasteiger partial charge in [0.1, 0.15) is 5.82 Å². The SMILES string of the molecule is CN(CCCC(=O)N1CCC(CN)C1)S(=O)(=O)c1ccc(F)cc1. The van der Waals surface area contributed by atoms with E-state index in [1.807, 2.05) is 0 Å². The minimum absolute atomic E-state index is 0.0403. The fourth-order valence-corrected chi connectivity index (χ4v) is 3.98. The van der Waals surface area contributed by atoms with Gasteiger partial charge in [0.05, 0.1) is 4.90 Å². The zero-order valence-corrected chi connectivity index (χ0v) is 14.6. The Balaban J connectivity index is 1.83. The first kappa shape index (κ1) is 18.8. The Kier molecular flexibility index (Phi) is 6.31. The fraction of sp³-hybridized carbons (Fsp3) is 0.562. The van der Waals surface area contributed by atoms with Crippen molar-refractivity contribution in [1.82, 2.24) is 9.21 Å². The molecule has 1 unspecified atom stereocenters. The Morgan fingerprint density at radius 1 is 1.38 bits per heavy atom. The Labute approximate surface area is 142 Å². The summed E-state index contributed by atoms with van der Waals surface area (Å²) in [5, 5.41) is 0. The van der Waals surface area contributed by atoms with Gasteiger partial charge in [-0.3, -0.25) is 4.79 Å². The summed E-state index contributed by atoms with van der Waals surface area (Å²) in [4.78, 5) is 14.0. The van der Waals surface area contributed by atoms with Crippen molar-refractivity contribution in [3.8, 4) is 0 Å². The molecule has 0 aliphatic carbocycles. The molecule has 1 aromatic rings. The molecule has 1 heterocycles. The highest BCUT2D eigenvalue weighted by atomic mass is 32.2. The summed E-state index contributed by atoms with van der Waals surface area (Å²) < 4.78 is 38.8. The van der Waals surface area contributed by atoms with Crippen molar-refractivity contribution in [3.63, 3.8) is 0 Å². The third kappa shape index (κ3) is 4.52. The van der Waals surface area contributed by atoms with Gasteiger partial charge in [0.2, 0.25) is 15.9 Å². The smallest absolute Gasteiger partial charge is 0.242 e. The van der Waals surface area contributed by atoms with E-state index in [0.29, 0.717) is 31.8 Å². The molecular weight excluding hydrogens is 333 g/mol. The van der Waals surface area contributed by atoms with Gasteiger partial charge in [-0.2, -0.15) is 0 Å². The molecule has 0 radical (unpaired) electrons. The lowest BCUT2D eigenvalue weighted by Gasteiger charge is -2.19. The first-order valence-corrected chi connectivity index (χ1v) is 9.48. The molecule has 1 aliphatic rings. The van der Waals surface area contributed by atoms with Crippen LogP contribution in [0.2, 0.25) is 0 Å². The second kappa shape index (κ2) is 8.04. The van der Waals surface area contributed by atoms with Crippen molar-refractivity contribution in [1.29, 1.82) is 0 Å². The predicted octanol–water partition coefficient (Wildman–Crippen LogP) is 1.03. The number of nitrogens with two attached hydrogens (primary N) is 1. The van der Waals surface area contributed by atoms with Crippen molar-refractivity contribution >= 4 is 15.9 Å². The van der Waals surface area contributed by atoms with Crippen molar-refractivity contribution in [2.24, 2.45) is 11.7 Å². The highest BCUT2D eigenvalue weighted by Crippen LogP contribution is 2.18. The number of amides is 1. The standard InChI is InChI=1S/C16H24FN3O3S/c1-19(24(22,23)15-6-4-14(17)5-7-15)9-2-3-16(21)20-10-8-13(11-18)12-20/h4-7,13H,2-3,8-12,18H2,1H3. The minimum Gasteiger partial charge on any atom is -0.342 e. The number of likely N-dealkylation sites (tertiary alicyclic amines) is 1. The van der Waals surface area contributed by atoms with Crippen LogP contribution in [0.25, 0.3) is 0 Å². The number of rotatable bonds is 7. The van der Waals surface area contributed by atoms with Crippen molar-refractivity contribution in [2.75, 3.05) is 33.2 Å². The molecule has 0 bridgehead atoms. The zero-order valence-electron chi connectivity index (χ0n) is 13.8. The van der Waals surface area contributed by atoms with Crippen molar-refractivity contribution < 1.29 is 17.6 Å². The van der Waals surface area contributed by atoms with Gasteiger partial charge in [0.15, 0.2) is 0 Å². The summed E-state index contributed by atoms with van der Waals surface area (Å²) in [5.74, 6) is -0.0717. The quantitative estimate of drug-likeness (QED) is 0.790. The number of hydrogen-bond acceptors (Lipinski definition) is 4. The average Bonchev–Trinajstić information content (AvgIpc) is 3.04. The number of halogens is 1. The number of carbonyl (C=O) groups excluding carboxylic acids is 1. The van der Waals surface area contributed by atoms with Crippen molar-refractivity contribution in [3.05, 3.63) is 30.1 Å². The first-order chi connectivity index (χ1) is 11.3. The van der Waals surface area contributed by atoms with Crippen LogP contribution in [-0.2, 0) is 14.8 Å². The number of sulfonamides is 1. The number of benzene rings is 1. The van der Waals surface area contributed by atoms with Gasteiger partial charge in [-0.15, -0.1) is 0 Å². The highest BCUT2D eigenvalue weighted by molar-refractivity contribution is 7.89. The van der Waals surface area contributed by atoms with Gasteiger partial charge in [0, 0.05) is 33.1 Å². The number of carbonyl (C=O) groups is 1. The number of hydrogen-bond donors (Lipinski definition) is 1. The molecule has 1 aromatic carbocycles. The fourth-order valence-electron chi connectivity index (χ4n) is 2.77. The molecule has 1 atom stereocenters. The second-order valence-corrected chi connectivity index (χ2v) is 8.16. The lowest BCUT2D eigenvalue weighted by molar-refractivity contribution is -0.130. The van der Waals surface area contributed by atoms with Crippen LogP contribution in [0.1, 0.15) is 19.3 Å². The van der Waals surface area contributed by atoms with E-state index in [2.05, 4.69) is 0 Å². The van der Waals surface area contributed by atoms with Crippen LogP contribution in [0, 0.1) is 11.7 Å². The second-order valence-electron chi connectivity index (χ2n) is 6.11. The molecule has 2 rings (SSSR count). The van der Waals surface area contributed by atoms with E-state index in [9.17, 15) is 17.6 Å². The van der Waals surface area contributed by atoms with E-state index in [0.717, 1.165) is 25.1 Å². The highest BCUT2D eigenvalue weighted by Gasteiger charge is 2.25. The van der Waals surface area contributed by atoms with Gasteiger partial charge in [0.25, 0.3) is 0 Å². The summed E-state index contributed by atoms with van der Waals surface area (Å²) in [6, 6.07) is 4.71. The normalized spacial score (nSPS) is 18.3. The van der Waals surface area contributed by atoms with Gasteiger partial charge in [-0.25, -0.2) is 17.1 Å². The molecule has 2 N–H and O–H groups in total. The molecule has 134 valence electrons. The largest absolute Gasteiger partial charge is 0.342 e. The van der Waals surface area contributed by atoms with Crippen LogP contribution in [0.4, 0.5) is 4.39 Å². The average molecular weight is 357 g/mol. The maximum absolute atomic E-state index is 12.9. The molecule has 0 spiro atoms. The van der Waals surface area contributed by atoms with Gasteiger partial charge in [-0.05, 0) is 49.6 Å². The first-order valence-electron chi connectivity index (χ1n) is 8.04. The third-order valence-corrected chi connectivity index (χ3v) is 6.23. The third-order valence-electron chi connectivity index (χ3n) is 4.36. The molecule has 1 saturated heterocycles. The van der Waals surface area contributed by atoms with Gasteiger partial charge < -0.3 is 10.6 Å². The Morgan fingerprint density at radius 2 is 2.04 bits per heavy atom. The van der Waals surface area contributed by atoms with E-state index in [1.54, 1.807) is 4.90 Å². The van der Waals surface area contributed by atoms with Crippen LogP contribution in [0.15, 0.2) is 29.2 Å². The van der Waals surface area contributed by atoms with Crippen LogP contribution < -0.4 is 5.73 Å². The predicted molar refractivity (Wildman–Crippen MR) is 89.2 cm³/mol. The monoisotopic (exact) mass is 357 g/mol. The Morgan fingerprint density at radius 3 is 2.62 bits per heavy atom. The topological polar surface area (TPSA) is 83.7 Å². The molecule has 8 heteroatoms. The van der Waals surface area contributed by atoms with Crippen LogP contribution >= 0.6 is 0 Å². The lowest BCUT2D eigenvalue weighted by Crippen LogP contribution is -2.32. The van der Waals surface area contributed by atoms with E-state index >= 15 is 0 Å². The zero-order chi connectivity index (χ0) is 17.7.